The Morgan fingerprint density at radius 2 is 1.72 bits per heavy atom. The van der Waals surface area contributed by atoms with Gasteiger partial charge in [-0.05, 0) is 37.6 Å². The molecule has 0 saturated heterocycles. The first-order valence-electron chi connectivity index (χ1n) is 7.80. The summed E-state index contributed by atoms with van der Waals surface area (Å²) in [4.78, 5) is 12.6. The maximum atomic E-state index is 12.6. The molecule has 0 aromatic heterocycles. The third-order valence-corrected chi connectivity index (χ3v) is 5.29. The smallest absolute Gasteiger partial charge is 0.244 e. The fourth-order valence-electron chi connectivity index (χ4n) is 2.58. The van der Waals surface area contributed by atoms with Crippen LogP contribution in [0.3, 0.4) is 0 Å². The number of carbonyl (C=O) groups excluding carboxylic acids is 1. The number of nitrogens with one attached hydrogen (secondary N) is 1. The molecule has 25 heavy (non-hydrogen) atoms. The number of hydrogen-bond acceptors (Lipinski definition) is 3. The molecule has 0 heterocycles. The maximum Gasteiger partial charge on any atom is 0.244 e. The summed E-state index contributed by atoms with van der Waals surface area (Å²) >= 11 is 5.97. The Labute approximate surface area is 153 Å². The molecule has 0 spiro atoms. The second-order valence-electron chi connectivity index (χ2n) is 5.86. The molecule has 1 N–H and O–H groups in total. The zero-order valence-corrected chi connectivity index (χ0v) is 15.9. The molecule has 2 atom stereocenters. The van der Waals surface area contributed by atoms with Crippen molar-refractivity contribution < 1.29 is 13.2 Å². The highest BCUT2D eigenvalue weighted by Gasteiger charge is 2.29. The van der Waals surface area contributed by atoms with E-state index >= 15 is 0 Å². The first kappa shape index (κ1) is 19.3. The highest BCUT2D eigenvalue weighted by atomic mass is 35.5. The number of nitrogens with zero attached hydrogens (tertiary/aromatic N) is 1. The van der Waals surface area contributed by atoms with Crippen molar-refractivity contribution >= 4 is 33.2 Å². The van der Waals surface area contributed by atoms with E-state index in [0.29, 0.717) is 10.7 Å². The summed E-state index contributed by atoms with van der Waals surface area (Å²) in [7, 11) is -3.67. The second-order valence-corrected chi connectivity index (χ2v) is 8.15. The Morgan fingerprint density at radius 3 is 2.28 bits per heavy atom. The maximum absolute atomic E-state index is 12.6. The first-order valence-corrected chi connectivity index (χ1v) is 10.0. The minimum atomic E-state index is -3.67. The molecule has 5 nitrogen and oxygen atoms in total. The van der Waals surface area contributed by atoms with Gasteiger partial charge in [-0.25, -0.2) is 8.42 Å². The van der Waals surface area contributed by atoms with Gasteiger partial charge in [0, 0.05) is 5.02 Å². The van der Waals surface area contributed by atoms with Crippen molar-refractivity contribution in [3.05, 3.63) is 65.2 Å². The number of rotatable bonds is 6. The number of amides is 1. The highest BCUT2D eigenvalue weighted by Crippen LogP contribution is 2.24. The third-order valence-electron chi connectivity index (χ3n) is 3.81. The van der Waals surface area contributed by atoms with Crippen molar-refractivity contribution in [2.24, 2.45) is 0 Å². The molecule has 0 unspecified atom stereocenters. The highest BCUT2D eigenvalue weighted by molar-refractivity contribution is 7.92. The van der Waals surface area contributed by atoms with E-state index in [4.69, 9.17) is 11.6 Å². The van der Waals surface area contributed by atoms with Crippen LogP contribution in [0.2, 0.25) is 5.02 Å². The van der Waals surface area contributed by atoms with Crippen molar-refractivity contribution in [2.45, 2.75) is 25.9 Å². The number of carbonyl (C=O) groups is 1. The number of benzene rings is 2. The molecule has 0 bridgehead atoms. The summed E-state index contributed by atoms with van der Waals surface area (Å²) < 4.78 is 25.6. The van der Waals surface area contributed by atoms with E-state index in [2.05, 4.69) is 5.32 Å². The van der Waals surface area contributed by atoms with Gasteiger partial charge in [0.2, 0.25) is 15.9 Å². The Bertz CT molecular complexity index is 840. The Kier molecular flexibility index (Phi) is 6.08. The summed E-state index contributed by atoms with van der Waals surface area (Å²) in [5.74, 6) is -0.387. The molecular weight excluding hydrogens is 360 g/mol. The van der Waals surface area contributed by atoms with Crippen LogP contribution in [-0.4, -0.2) is 26.6 Å². The van der Waals surface area contributed by atoms with Crippen LogP contribution in [0.4, 0.5) is 5.69 Å². The lowest BCUT2D eigenvalue weighted by Crippen LogP contribution is -2.48. The molecule has 2 aromatic carbocycles. The van der Waals surface area contributed by atoms with Crippen LogP contribution in [0.5, 0.6) is 0 Å². The average Bonchev–Trinajstić information content (AvgIpc) is 2.54. The first-order chi connectivity index (χ1) is 11.7. The molecule has 7 heteroatoms. The fraction of sp³-hybridized carbons (Fsp3) is 0.278. The minimum Gasteiger partial charge on any atom is -0.348 e. The van der Waals surface area contributed by atoms with Gasteiger partial charge in [0.05, 0.1) is 18.0 Å². The SMILES string of the molecule is C[C@H](NC(=O)[C@H](C)N(c1cccc(Cl)c1)S(C)(=O)=O)c1ccccc1. The monoisotopic (exact) mass is 380 g/mol. The Balaban J connectivity index is 2.24. The second kappa shape index (κ2) is 7.89. The van der Waals surface area contributed by atoms with Crippen molar-refractivity contribution in [1.29, 1.82) is 0 Å². The fourth-order valence-corrected chi connectivity index (χ4v) is 3.93. The van der Waals surface area contributed by atoms with E-state index < -0.39 is 16.1 Å². The van der Waals surface area contributed by atoms with Crippen molar-refractivity contribution in [1.82, 2.24) is 5.32 Å². The van der Waals surface area contributed by atoms with E-state index in [9.17, 15) is 13.2 Å². The van der Waals surface area contributed by atoms with E-state index in [0.717, 1.165) is 16.1 Å². The van der Waals surface area contributed by atoms with E-state index in [1.54, 1.807) is 25.1 Å². The Morgan fingerprint density at radius 1 is 1.08 bits per heavy atom. The summed E-state index contributed by atoms with van der Waals surface area (Å²) in [5.41, 5.74) is 1.29. The van der Waals surface area contributed by atoms with E-state index in [1.807, 2.05) is 37.3 Å². The lowest BCUT2D eigenvalue weighted by Gasteiger charge is -2.29. The predicted octanol–water partition coefficient (Wildman–Crippen LogP) is 3.37. The molecule has 0 radical (unpaired) electrons. The number of halogens is 1. The van der Waals surface area contributed by atoms with Crippen molar-refractivity contribution in [3.63, 3.8) is 0 Å². The number of hydrogen-bond donors (Lipinski definition) is 1. The minimum absolute atomic E-state index is 0.239. The quantitative estimate of drug-likeness (QED) is 0.835. The van der Waals surface area contributed by atoms with E-state index in [-0.39, 0.29) is 11.9 Å². The van der Waals surface area contributed by atoms with Crippen LogP contribution in [0.15, 0.2) is 54.6 Å². The van der Waals surface area contributed by atoms with Crippen LogP contribution in [0.25, 0.3) is 0 Å². The molecule has 0 aliphatic rings. The summed E-state index contributed by atoms with van der Waals surface area (Å²) in [6, 6.07) is 14.7. The zero-order chi connectivity index (χ0) is 18.6. The van der Waals surface area contributed by atoms with Crippen LogP contribution in [-0.2, 0) is 14.8 Å². The third kappa shape index (κ3) is 4.96. The summed E-state index contributed by atoms with van der Waals surface area (Å²) in [5, 5.41) is 3.25. The summed E-state index contributed by atoms with van der Waals surface area (Å²) in [6.45, 7) is 3.40. The molecular formula is C18H21ClN2O3S. The molecule has 0 saturated carbocycles. The van der Waals surface area contributed by atoms with Gasteiger partial charge in [0.15, 0.2) is 0 Å². The van der Waals surface area contributed by atoms with Gasteiger partial charge in [-0.15, -0.1) is 0 Å². The lowest BCUT2D eigenvalue weighted by molar-refractivity contribution is -0.122. The van der Waals surface area contributed by atoms with Crippen LogP contribution in [0.1, 0.15) is 25.5 Å². The van der Waals surface area contributed by atoms with Gasteiger partial charge >= 0.3 is 0 Å². The lowest BCUT2D eigenvalue weighted by atomic mass is 10.1. The van der Waals surface area contributed by atoms with Gasteiger partial charge in [-0.3, -0.25) is 9.10 Å². The standard InChI is InChI=1S/C18H21ClN2O3S/c1-13(15-8-5-4-6-9-15)20-18(22)14(2)21(25(3,23)24)17-11-7-10-16(19)12-17/h4-14H,1-3H3,(H,20,22)/t13-,14-/m0/s1. The molecule has 2 rings (SSSR count). The molecule has 0 fully saturated rings. The molecule has 0 aliphatic carbocycles. The largest absolute Gasteiger partial charge is 0.348 e. The van der Waals surface area contributed by atoms with Crippen LogP contribution in [0, 0.1) is 0 Å². The van der Waals surface area contributed by atoms with Gasteiger partial charge in [-0.1, -0.05) is 48.0 Å². The van der Waals surface area contributed by atoms with Crippen LogP contribution >= 0.6 is 11.6 Å². The molecule has 0 aliphatic heterocycles. The van der Waals surface area contributed by atoms with Crippen LogP contribution < -0.4 is 9.62 Å². The van der Waals surface area contributed by atoms with E-state index in [1.165, 1.54) is 6.07 Å². The van der Waals surface area contributed by atoms with Gasteiger partial charge < -0.3 is 5.32 Å². The number of sulfonamides is 1. The zero-order valence-electron chi connectivity index (χ0n) is 14.3. The normalized spacial score (nSPS) is 13.8. The van der Waals surface area contributed by atoms with Crippen molar-refractivity contribution in [3.8, 4) is 0 Å². The molecule has 2 aromatic rings. The predicted molar refractivity (Wildman–Crippen MR) is 101 cm³/mol. The molecule has 134 valence electrons. The number of anilines is 1. The van der Waals surface area contributed by atoms with Crippen molar-refractivity contribution in [2.75, 3.05) is 10.6 Å². The van der Waals surface area contributed by atoms with Gasteiger partial charge in [-0.2, -0.15) is 0 Å². The molecule has 1 amide bonds. The summed E-state index contributed by atoms with van der Waals surface area (Å²) in [6.07, 6.45) is 1.07. The Hall–Kier alpha value is -2.05. The average molecular weight is 381 g/mol. The van der Waals surface area contributed by atoms with Gasteiger partial charge in [0.25, 0.3) is 0 Å². The topological polar surface area (TPSA) is 66.5 Å². The van der Waals surface area contributed by atoms with Gasteiger partial charge in [0.1, 0.15) is 6.04 Å².